The van der Waals surface area contributed by atoms with Crippen molar-refractivity contribution in [2.45, 2.75) is 20.0 Å². The number of ether oxygens (including phenoxy) is 1. The Morgan fingerprint density at radius 2 is 2.14 bits per heavy atom. The minimum Gasteiger partial charge on any atom is -0.374 e. The highest BCUT2D eigenvalue weighted by molar-refractivity contribution is 6.41. The summed E-state index contributed by atoms with van der Waals surface area (Å²) in [6, 6.07) is 8.36. The molecule has 0 spiro atoms. The van der Waals surface area contributed by atoms with Gasteiger partial charge < -0.3 is 4.74 Å². The fourth-order valence-electron chi connectivity index (χ4n) is 1.58. The van der Waals surface area contributed by atoms with Crippen LogP contribution >= 0.6 is 0 Å². The summed E-state index contributed by atoms with van der Waals surface area (Å²) in [5.74, 6) is 0. The molecule has 0 heterocycles. The molecule has 1 unspecified atom stereocenters. The third-order valence-electron chi connectivity index (χ3n) is 2.28. The molecule has 0 bridgehead atoms. The van der Waals surface area contributed by atoms with Gasteiger partial charge in [-0.1, -0.05) is 29.5 Å². The maximum atomic E-state index is 5.59. The van der Waals surface area contributed by atoms with E-state index in [4.69, 9.17) is 4.74 Å². The molecule has 76 valence electrons. The maximum Gasteiger partial charge on any atom is 0.0802 e. The summed E-state index contributed by atoms with van der Waals surface area (Å²) in [5.41, 5.74) is 2.52. The van der Waals surface area contributed by atoms with Crippen LogP contribution in [0.15, 0.2) is 30.8 Å². The predicted molar refractivity (Wildman–Crippen MR) is 65.5 cm³/mol. The second kappa shape index (κ2) is 5.13. The molecule has 0 amide bonds. The predicted octanol–water partition coefficient (Wildman–Crippen LogP) is 2.12. The molecular formula is C12H18OSi. The van der Waals surface area contributed by atoms with Crippen LogP contribution in [0.3, 0.4) is 0 Å². The van der Waals surface area contributed by atoms with Crippen LogP contribution in [0.4, 0.5) is 0 Å². The van der Waals surface area contributed by atoms with Gasteiger partial charge in [-0.2, -0.15) is 0 Å². The van der Waals surface area contributed by atoms with E-state index in [2.05, 4.69) is 37.8 Å². The van der Waals surface area contributed by atoms with E-state index < -0.39 is 0 Å². The van der Waals surface area contributed by atoms with Crippen molar-refractivity contribution in [2.75, 3.05) is 6.61 Å². The lowest BCUT2D eigenvalue weighted by Gasteiger charge is -2.16. The standard InChI is InChI=1S/C12H18OSi/c1-4-13-9(2)11-7-5-6-8-12(11)10(3)14/h5-9H,3-4H2,1-2,14H3. The van der Waals surface area contributed by atoms with Gasteiger partial charge in [0, 0.05) is 16.8 Å². The van der Waals surface area contributed by atoms with Crippen LogP contribution in [-0.4, -0.2) is 16.8 Å². The van der Waals surface area contributed by atoms with Gasteiger partial charge in [-0.3, -0.25) is 0 Å². The number of hydrogen-bond acceptors (Lipinski definition) is 1. The molecule has 1 atom stereocenters. The molecule has 0 radical (unpaired) electrons. The van der Waals surface area contributed by atoms with Crippen LogP contribution < -0.4 is 0 Å². The van der Waals surface area contributed by atoms with Crippen LogP contribution in [-0.2, 0) is 4.74 Å². The van der Waals surface area contributed by atoms with E-state index >= 15 is 0 Å². The first kappa shape index (κ1) is 11.2. The van der Waals surface area contributed by atoms with Gasteiger partial charge >= 0.3 is 0 Å². The first-order valence-electron chi connectivity index (χ1n) is 5.03. The Kier molecular flexibility index (Phi) is 4.11. The fourth-order valence-corrected chi connectivity index (χ4v) is 2.04. The van der Waals surface area contributed by atoms with Crippen molar-refractivity contribution in [3.8, 4) is 0 Å². The number of hydrogen-bond donors (Lipinski definition) is 0. The molecule has 0 aliphatic heterocycles. The van der Waals surface area contributed by atoms with Crippen molar-refractivity contribution in [1.82, 2.24) is 0 Å². The molecule has 1 nitrogen and oxygen atoms in total. The first-order chi connectivity index (χ1) is 6.66. The highest BCUT2D eigenvalue weighted by Gasteiger charge is 2.09. The van der Waals surface area contributed by atoms with Crippen molar-refractivity contribution >= 4 is 15.4 Å². The lowest BCUT2D eigenvalue weighted by molar-refractivity contribution is 0.0762. The zero-order valence-electron chi connectivity index (χ0n) is 9.21. The van der Waals surface area contributed by atoms with Crippen molar-refractivity contribution < 1.29 is 4.74 Å². The molecule has 2 heteroatoms. The van der Waals surface area contributed by atoms with Gasteiger partial charge in [-0.25, -0.2) is 0 Å². The van der Waals surface area contributed by atoms with Gasteiger partial charge in [0.2, 0.25) is 0 Å². The van der Waals surface area contributed by atoms with Crippen molar-refractivity contribution in [3.63, 3.8) is 0 Å². The minimum absolute atomic E-state index is 0.168. The largest absolute Gasteiger partial charge is 0.374 e. The summed E-state index contributed by atoms with van der Waals surface area (Å²) in [6.45, 7) is 8.90. The van der Waals surface area contributed by atoms with Crippen LogP contribution in [0.5, 0.6) is 0 Å². The smallest absolute Gasteiger partial charge is 0.0802 e. The normalized spacial score (nSPS) is 12.7. The lowest BCUT2D eigenvalue weighted by Crippen LogP contribution is -2.02. The highest BCUT2D eigenvalue weighted by atomic mass is 28.1. The molecule has 1 aromatic rings. The summed E-state index contributed by atoms with van der Waals surface area (Å²) in [5, 5.41) is 1.23. The van der Waals surface area contributed by atoms with E-state index in [9.17, 15) is 0 Å². The fraction of sp³-hybridized carbons (Fsp3) is 0.333. The van der Waals surface area contributed by atoms with E-state index in [1.54, 1.807) is 0 Å². The molecule has 0 saturated heterocycles. The average molecular weight is 206 g/mol. The summed E-state index contributed by atoms with van der Waals surface area (Å²) in [6.07, 6.45) is 0.168. The topological polar surface area (TPSA) is 9.23 Å². The summed E-state index contributed by atoms with van der Waals surface area (Å²) in [4.78, 5) is 0. The Hall–Kier alpha value is -0.863. The molecule has 1 aromatic carbocycles. The molecule has 0 aliphatic rings. The van der Waals surface area contributed by atoms with Crippen LogP contribution in [0.1, 0.15) is 31.1 Å². The van der Waals surface area contributed by atoms with Gasteiger partial charge in [0.25, 0.3) is 0 Å². The van der Waals surface area contributed by atoms with Crippen LogP contribution in [0.25, 0.3) is 5.20 Å². The molecule has 1 rings (SSSR count). The van der Waals surface area contributed by atoms with E-state index in [1.165, 1.54) is 16.3 Å². The summed E-state index contributed by atoms with van der Waals surface area (Å²) >= 11 is 0. The Morgan fingerprint density at radius 1 is 1.50 bits per heavy atom. The molecule has 0 aromatic heterocycles. The second-order valence-electron chi connectivity index (χ2n) is 3.47. The minimum atomic E-state index is 0.168. The highest BCUT2D eigenvalue weighted by Crippen LogP contribution is 2.24. The van der Waals surface area contributed by atoms with Gasteiger partial charge in [0.15, 0.2) is 0 Å². The monoisotopic (exact) mass is 206 g/mol. The van der Waals surface area contributed by atoms with E-state index in [0.29, 0.717) is 0 Å². The van der Waals surface area contributed by atoms with Crippen LogP contribution in [0, 0.1) is 0 Å². The zero-order valence-corrected chi connectivity index (χ0v) is 11.2. The Balaban J connectivity index is 3.00. The third kappa shape index (κ3) is 2.56. The number of rotatable bonds is 4. The van der Waals surface area contributed by atoms with Crippen molar-refractivity contribution in [1.29, 1.82) is 0 Å². The van der Waals surface area contributed by atoms with E-state index in [1.807, 2.05) is 6.92 Å². The molecular weight excluding hydrogens is 188 g/mol. The van der Waals surface area contributed by atoms with Crippen molar-refractivity contribution in [2.24, 2.45) is 0 Å². The number of benzene rings is 1. The third-order valence-corrected chi connectivity index (χ3v) is 2.81. The Labute approximate surface area is 89.2 Å². The Bertz CT molecular complexity index is 320. The SMILES string of the molecule is C=C([SiH3])c1ccccc1C(C)OCC. The van der Waals surface area contributed by atoms with Gasteiger partial charge in [-0.05, 0) is 25.0 Å². The Morgan fingerprint density at radius 3 is 2.71 bits per heavy atom. The van der Waals surface area contributed by atoms with E-state index in [0.717, 1.165) is 16.8 Å². The molecule has 0 N–H and O–H groups in total. The lowest BCUT2D eigenvalue weighted by atomic mass is 10.0. The molecule has 0 fully saturated rings. The molecule has 0 aliphatic carbocycles. The first-order valence-corrected chi connectivity index (χ1v) is 6.03. The zero-order chi connectivity index (χ0) is 10.6. The quantitative estimate of drug-likeness (QED) is 0.686. The maximum absolute atomic E-state index is 5.59. The van der Waals surface area contributed by atoms with E-state index in [-0.39, 0.29) is 6.10 Å². The summed E-state index contributed by atoms with van der Waals surface area (Å²) in [7, 11) is 1.00. The summed E-state index contributed by atoms with van der Waals surface area (Å²) < 4.78 is 5.59. The average Bonchev–Trinajstić information content (AvgIpc) is 2.18. The van der Waals surface area contributed by atoms with Crippen LogP contribution in [0.2, 0.25) is 0 Å². The molecule has 14 heavy (non-hydrogen) atoms. The molecule has 0 saturated carbocycles. The second-order valence-corrected chi connectivity index (χ2v) is 4.67. The van der Waals surface area contributed by atoms with Gasteiger partial charge in [-0.15, -0.1) is 6.58 Å². The van der Waals surface area contributed by atoms with Gasteiger partial charge in [0.05, 0.1) is 6.10 Å². The van der Waals surface area contributed by atoms with Gasteiger partial charge in [0.1, 0.15) is 0 Å². The van der Waals surface area contributed by atoms with Crippen molar-refractivity contribution in [3.05, 3.63) is 42.0 Å².